The van der Waals surface area contributed by atoms with E-state index < -0.39 is 0 Å². The van der Waals surface area contributed by atoms with E-state index in [1.54, 1.807) is 27.6 Å². The number of carbonyl (C=O) groups excluding carboxylic acids is 1. The Morgan fingerprint density at radius 1 is 1.08 bits per heavy atom. The third-order valence-electron chi connectivity index (χ3n) is 4.41. The maximum atomic E-state index is 13.1. The minimum absolute atomic E-state index is 0.0825. The first kappa shape index (κ1) is 16.5. The molecule has 2 heterocycles. The Labute approximate surface area is 156 Å². The molecule has 0 bridgehead atoms. The molecule has 0 N–H and O–H groups in total. The third-order valence-corrected chi connectivity index (χ3v) is 6.55. The van der Waals surface area contributed by atoms with E-state index in [0.29, 0.717) is 6.42 Å². The average Bonchev–Trinajstić information content (AvgIpc) is 3.22. The summed E-state index contributed by atoms with van der Waals surface area (Å²) >= 11 is 3.37. The van der Waals surface area contributed by atoms with E-state index in [0.717, 1.165) is 28.5 Å². The number of thiazole rings is 1. The molecule has 25 heavy (non-hydrogen) atoms. The van der Waals surface area contributed by atoms with Crippen LogP contribution in [0.1, 0.15) is 33.2 Å². The second-order valence-electron chi connectivity index (χ2n) is 6.33. The first-order valence-corrected chi connectivity index (χ1v) is 10.3. The van der Waals surface area contributed by atoms with E-state index >= 15 is 0 Å². The molecule has 3 nitrogen and oxygen atoms in total. The molecule has 0 radical (unpaired) electrons. The highest BCUT2D eigenvalue weighted by atomic mass is 32.1. The van der Waals surface area contributed by atoms with Gasteiger partial charge in [0.2, 0.25) is 5.91 Å². The Morgan fingerprint density at radius 2 is 1.88 bits per heavy atom. The largest absolute Gasteiger partial charge is 0.274 e. The van der Waals surface area contributed by atoms with Crippen LogP contribution in [-0.2, 0) is 24.1 Å². The molecular weight excluding hydrogens is 348 g/mol. The van der Waals surface area contributed by atoms with Crippen LogP contribution in [0, 0.1) is 6.92 Å². The van der Waals surface area contributed by atoms with Crippen molar-refractivity contribution in [2.75, 3.05) is 4.90 Å². The predicted molar refractivity (Wildman–Crippen MR) is 105 cm³/mol. The van der Waals surface area contributed by atoms with Gasteiger partial charge in [0, 0.05) is 14.6 Å². The first-order chi connectivity index (χ1) is 12.2. The lowest BCUT2D eigenvalue weighted by molar-refractivity contribution is -0.117. The van der Waals surface area contributed by atoms with E-state index in [2.05, 4.69) is 13.0 Å². The Kier molecular flexibility index (Phi) is 4.68. The number of aromatic nitrogens is 1. The molecule has 2 aromatic heterocycles. The van der Waals surface area contributed by atoms with Crippen LogP contribution < -0.4 is 4.90 Å². The van der Waals surface area contributed by atoms with Crippen molar-refractivity contribution in [1.82, 2.24) is 4.98 Å². The number of nitrogens with zero attached hydrogens (tertiary/aromatic N) is 2. The molecule has 1 aromatic carbocycles. The van der Waals surface area contributed by atoms with Crippen molar-refractivity contribution in [3.8, 4) is 0 Å². The van der Waals surface area contributed by atoms with E-state index in [-0.39, 0.29) is 5.91 Å². The smallest absolute Gasteiger partial charge is 0.238 e. The number of para-hydroxylation sites is 1. The molecule has 0 spiro atoms. The summed E-state index contributed by atoms with van der Waals surface area (Å²) in [4.78, 5) is 23.4. The summed E-state index contributed by atoms with van der Waals surface area (Å²) in [6.45, 7) is 2.07. The van der Waals surface area contributed by atoms with Gasteiger partial charge in [0.25, 0.3) is 0 Å². The minimum Gasteiger partial charge on any atom is -0.274 e. The molecule has 128 valence electrons. The van der Waals surface area contributed by atoms with Gasteiger partial charge in [-0.25, -0.2) is 4.98 Å². The highest BCUT2D eigenvalue weighted by Crippen LogP contribution is 2.35. The fourth-order valence-corrected chi connectivity index (χ4v) is 5.25. The second-order valence-corrected chi connectivity index (χ2v) is 8.76. The summed E-state index contributed by atoms with van der Waals surface area (Å²) in [5, 5.41) is 0.816. The number of benzene rings is 1. The van der Waals surface area contributed by atoms with Crippen molar-refractivity contribution in [1.29, 1.82) is 0 Å². The summed E-state index contributed by atoms with van der Waals surface area (Å²) in [5.41, 5.74) is 2.08. The van der Waals surface area contributed by atoms with Crippen molar-refractivity contribution < 1.29 is 4.79 Å². The van der Waals surface area contributed by atoms with E-state index in [4.69, 9.17) is 4.98 Å². The molecule has 0 fully saturated rings. The van der Waals surface area contributed by atoms with Crippen molar-refractivity contribution >= 4 is 39.4 Å². The molecule has 3 aromatic rings. The fourth-order valence-electron chi connectivity index (χ4n) is 3.18. The number of aryl methyl sites for hydroxylation is 3. The summed E-state index contributed by atoms with van der Waals surface area (Å²) in [5.74, 6) is 0.0825. The van der Waals surface area contributed by atoms with Crippen LogP contribution in [0.3, 0.4) is 0 Å². The highest BCUT2D eigenvalue weighted by Gasteiger charge is 2.25. The lowest BCUT2D eigenvalue weighted by Crippen LogP contribution is -2.27. The zero-order chi connectivity index (χ0) is 17.2. The number of hydrogen-bond acceptors (Lipinski definition) is 4. The van der Waals surface area contributed by atoms with Crippen LogP contribution in [0.25, 0.3) is 0 Å². The number of amides is 1. The third kappa shape index (κ3) is 3.53. The molecule has 0 atom stereocenters. The Morgan fingerprint density at radius 3 is 2.60 bits per heavy atom. The lowest BCUT2D eigenvalue weighted by atomic mass is 10.0. The van der Waals surface area contributed by atoms with Gasteiger partial charge in [-0.15, -0.1) is 22.7 Å². The predicted octanol–water partition coefficient (Wildman–Crippen LogP) is 5.30. The van der Waals surface area contributed by atoms with Crippen molar-refractivity contribution in [3.05, 3.63) is 62.8 Å². The van der Waals surface area contributed by atoms with Crippen LogP contribution in [0.2, 0.25) is 0 Å². The van der Waals surface area contributed by atoms with Gasteiger partial charge in [-0.3, -0.25) is 9.69 Å². The Bertz CT molecular complexity index is 859. The summed E-state index contributed by atoms with van der Waals surface area (Å²) in [6.07, 6.45) is 4.96. The van der Waals surface area contributed by atoms with Crippen LogP contribution in [-0.4, -0.2) is 10.9 Å². The van der Waals surface area contributed by atoms with Gasteiger partial charge >= 0.3 is 0 Å². The number of rotatable bonds is 4. The average molecular weight is 369 g/mol. The standard InChI is InChI=1S/C20H20N2OS2/c1-14-11-12-16(24-14)13-19(23)22(15-7-3-2-4-8-15)20-21-17-9-5-6-10-18(17)25-20/h2-4,7-8,11-12H,5-6,9-10,13H2,1H3. The van der Waals surface area contributed by atoms with E-state index in [1.165, 1.54) is 28.3 Å². The number of fused-ring (bicyclic) bond motifs is 1. The van der Waals surface area contributed by atoms with Crippen LogP contribution in [0.5, 0.6) is 0 Å². The van der Waals surface area contributed by atoms with Gasteiger partial charge < -0.3 is 0 Å². The van der Waals surface area contributed by atoms with Gasteiger partial charge in [0.1, 0.15) is 0 Å². The summed E-state index contributed by atoms with van der Waals surface area (Å²) in [6, 6.07) is 14.0. The van der Waals surface area contributed by atoms with Gasteiger partial charge in [-0.05, 0) is 56.9 Å². The van der Waals surface area contributed by atoms with Gasteiger partial charge in [0.05, 0.1) is 17.8 Å². The van der Waals surface area contributed by atoms with E-state index in [9.17, 15) is 4.79 Å². The number of hydrogen-bond donors (Lipinski definition) is 0. The van der Waals surface area contributed by atoms with Gasteiger partial charge in [-0.2, -0.15) is 0 Å². The molecule has 0 unspecified atom stereocenters. The molecule has 0 aliphatic heterocycles. The van der Waals surface area contributed by atoms with Crippen LogP contribution >= 0.6 is 22.7 Å². The summed E-state index contributed by atoms with van der Waals surface area (Å²) in [7, 11) is 0. The molecule has 4 rings (SSSR count). The normalized spacial score (nSPS) is 13.5. The van der Waals surface area contributed by atoms with Crippen molar-refractivity contribution in [3.63, 3.8) is 0 Å². The SMILES string of the molecule is Cc1ccc(CC(=O)N(c2ccccc2)c2nc3c(s2)CCCC3)s1. The van der Waals surface area contributed by atoms with Crippen LogP contribution in [0.4, 0.5) is 10.8 Å². The molecule has 0 saturated carbocycles. The molecule has 0 saturated heterocycles. The monoisotopic (exact) mass is 368 g/mol. The maximum absolute atomic E-state index is 13.1. The van der Waals surface area contributed by atoms with Gasteiger partial charge in [0.15, 0.2) is 5.13 Å². The first-order valence-electron chi connectivity index (χ1n) is 8.62. The molecular formula is C20H20N2OS2. The zero-order valence-corrected chi connectivity index (χ0v) is 15.8. The minimum atomic E-state index is 0.0825. The van der Waals surface area contributed by atoms with Crippen LogP contribution in [0.15, 0.2) is 42.5 Å². The Hall–Kier alpha value is -1.98. The molecule has 1 aliphatic carbocycles. The van der Waals surface area contributed by atoms with E-state index in [1.807, 2.05) is 36.4 Å². The maximum Gasteiger partial charge on any atom is 0.238 e. The second kappa shape index (κ2) is 7.10. The number of anilines is 2. The highest BCUT2D eigenvalue weighted by molar-refractivity contribution is 7.16. The van der Waals surface area contributed by atoms with Crippen molar-refractivity contribution in [2.45, 2.75) is 39.0 Å². The number of carbonyl (C=O) groups is 1. The summed E-state index contributed by atoms with van der Waals surface area (Å²) < 4.78 is 0. The molecule has 1 amide bonds. The topological polar surface area (TPSA) is 33.2 Å². The fraction of sp³-hybridized carbons (Fsp3) is 0.300. The Balaban J connectivity index is 1.69. The molecule has 1 aliphatic rings. The van der Waals surface area contributed by atoms with Gasteiger partial charge in [-0.1, -0.05) is 18.2 Å². The van der Waals surface area contributed by atoms with Crippen molar-refractivity contribution in [2.24, 2.45) is 0 Å². The molecule has 5 heteroatoms. The lowest BCUT2D eigenvalue weighted by Gasteiger charge is -2.19. The number of thiophene rings is 1. The quantitative estimate of drug-likeness (QED) is 0.626. The zero-order valence-electron chi connectivity index (χ0n) is 14.2.